The second-order valence-corrected chi connectivity index (χ2v) is 9.94. The van der Waals surface area contributed by atoms with Crippen LogP contribution >= 0.6 is 11.6 Å². The van der Waals surface area contributed by atoms with Gasteiger partial charge in [0.05, 0.1) is 22.3 Å². The molecule has 0 saturated heterocycles. The van der Waals surface area contributed by atoms with Crippen molar-refractivity contribution in [2.45, 2.75) is 51.0 Å². The number of nitrogens with zero attached hydrogens (tertiary/aromatic N) is 5. The largest absolute Gasteiger partial charge is 0.474 e. The summed E-state index contributed by atoms with van der Waals surface area (Å²) in [5.41, 5.74) is 8.68. The average Bonchev–Trinajstić information content (AvgIpc) is 2.53. The normalized spacial score (nSPS) is 14.4. The van der Waals surface area contributed by atoms with E-state index in [2.05, 4.69) is 20.0 Å². The summed E-state index contributed by atoms with van der Waals surface area (Å²) in [4.78, 5) is 11.3. The molecule has 0 amide bonds. The van der Waals surface area contributed by atoms with Crippen molar-refractivity contribution in [1.29, 1.82) is 0 Å². The molecule has 0 aliphatic heterocycles. The molecule has 0 fully saturated rings. The summed E-state index contributed by atoms with van der Waals surface area (Å²) in [6.07, 6.45) is 4.32. The Hall–Kier alpha value is -2.09. The third-order valence-corrected chi connectivity index (χ3v) is 6.20. The lowest BCUT2D eigenvalue weighted by Gasteiger charge is -2.22. The number of hydrogen-bond donors (Lipinski definition) is 0. The highest BCUT2D eigenvalue weighted by Crippen LogP contribution is 2.35. The van der Waals surface area contributed by atoms with Crippen molar-refractivity contribution in [2.24, 2.45) is 5.11 Å². The van der Waals surface area contributed by atoms with Crippen molar-refractivity contribution >= 4 is 32.2 Å². The van der Waals surface area contributed by atoms with Crippen molar-refractivity contribution in [3.8, 4) is 5.88 Å². The Morgan fingerprint density at radius 3 is 2.59 bits per heavy atom. The lowest BCUT2D eigenvalue weighted by molar-refractivity contribution is 0.205. The minimum atomic E-state index is -3.16. The molecule has 0 bridgehead atoms. The summed E-state index contributed by atoms with van der Waals surface area (Å²) >= 11 is 6.17. The summed E-state index contributed by atoms with van der Waals surface area (Å²) in [5.74, 6) is 0.261. The molecule has 27 heavy (non-hydrogen) atoms. The molecule has 2 aromatic rings. The number of ether oxygens (including phenoxy) is 1. The summed E-state index contributed by atoms with van der Waals surface area (Å²) in [6.45, 7) is 6.96. The van der Waals surface area contributed by atoms with Gasteiger partial charge in [0.25, 0.3) is 0 Å². The third-order valence-electron chi connectivity index (χ3n) is 4.35. The minimum Gasteiger partial charge on any atom is -0.474 e. The SMILES string of the molecule is C[C@H](C[C@@H](C)S(C)(=O)=O)Oc1nc(Cl)cc2c(C(C)(C)N=[N+]=[N-])cncc12. The fraction of sp³-hybridized carbons (Fsp3) is 0.529. The van der Waals surface area contributed by atoms with E-state index in [4.69, 9.17) is 21.9 Å². The predicted molar refractivity (Wildman–Crippen MR) is 106 cm³/mol. The maximum absolute atomic E-state index is 11.7. The zero-order valence-electron chi connectivity index (χ0n) is 15.8. The van der Waals surface area contributed by atoms with Gasteiger partial charge in [-0.05, 0) is 36.4 Å². The molecule has 2 heterocycles. The summed E-state index contributed by atoms with van der Waals surface area (Å²) in [6, 6.07) is 1.67. The Bertz CT molecular complexity index is 1000. The maximum atomic E-state index is 11.7. The van der Waals surface area contributed by atoms with Crippen molar-refractivity contribution < 1.29 is 13.2 Å². The van der Waals surface area contributed by atoms with Gasteiger partial charge in [-0.2, -0.15) is 0 Å². The number of hydrogen-bond acceptors (Lipinski definition) is 6. The van der Waals surface area contributed by atoms with Crippen LogP contribution in [0.15, 0.2) is 23.6 Å². The molecule has 0 saturated carbocycles. The Morgan fingerprint density at radius 2 is 2.00 bits per heavy atom. The molecule has 2 atom stereocenters. The molecule has 0 unspecified atom stereocenters. The minimum absolute atomic E-state index is 0.213. The second-order valence-electron chi connectivity index (χ2n) is 7.09. The zero-order chi connectivity index (χ0) is 20.4. The molecule has 0 aliphatic rings. The van der Waals surface area contributed by atoms with Gasteiger partial charge in [0, 0.05) is 30.0 Å². The molecule has 2 rings (SSSR count). The molecule has 0 N–H and O–H groups in total. The highest BCUT2D eigenvalue weighted by Gasteiger charge is 2.25. The van der Waals surface area contributed by atoms with Crippen molar-refractivity contribution in [1.82, 2.24) is 9.97 Å². The number of halogens is 1. The smallest absolute Gasteiger partial charge is 0.224 e. The molecule has 8 nitrogen and oxygen atoms in total. The molecule has 0 radical (unpaired) electrons. The van der Waals surface area contributed by atoms with Gasteiger partial charge in [-0.25, -0.2) is 13.4 Å². The molecule has 0 spiro atoms. The van der Waals surface area contributed by atoms with Crippen LogP contribution in [0.4, 0.5) is 0 Å². The number of fused-ring (bicyclic) bond motifs is 1. The van der Waals surface area contributed by atoms with Crippen molar-refractivity contribution in [3.05, 3.63) is 39.6 Å². The van der Waals surface area contributed by atoms with E-state index in [1.165, 1.54) is 6.26 Å². The fourth-order valence-corrected chi connectivity index (χ4v) is 3.54. The number of azide groups is 1. The first kappa shape index (κ1) is 21.2. The second kappa shape index (κ2) is 7.88. The summed E-state index contributed by atoms with van der Waals surface area (Å²) in [5, 5.41) is 4.82. The van der Waals surface area contributed by atoms with Gasteiger partial charge in [0.15, 0.2) is 0 Å². The Kier molecular flexibility index (Phi) is 6.19. The fourth-order valence-electron chi connectivity index (χ4n) is 2.73. The first-order chi connectivity index (χ1) is 12.5. The molecular weight excluding hydrogens is 390 g/mol. The van der Waals surface area contributed by atoms with Gasteiger partial charge in [0.2, 0.25) is 5.88 Å². The van der Waals surface area contributed by atoms with Gasteiger partial charge in [-0.3, -0.25) is 4.98 Å². The molecule has 2 aromatic heterocycles. The third kappa shape index (κ3) is 5.00. The Labute approximate surface area is 163 Å². The van der Waals surface area contributed by atoms with E-state index in [9.17, 15) is 8.42 Å². The standard InChI is InChI=1S/C17H22ClN5O3S/c1-10(6-11(2)27(5,24)25)26-16-13-8-20-9-14(17(3,4)22-23-19)12(13)7-15(18)21-16/h7-11H,6H2,1-5H3/t10-,11-/m1/s1. The van der Waals surface area contributed by atoms with Crippen molar-refractivity contribution in [3.63, 3.8) is 0 Å². The van der Waals surface area contributed by atoms with Crippen LogP contribution in [0.2, 0.25) is 5.15 Å². The van der Waals surface area contributed by atoms with E-state index >= 15 is 0 Å². The molecule has 0 aliphatic carbocycles. The predicted octanol–water partition coefficient (Wildman–Crippen LogP) is 4.42. The molecule has 146 valence electrons. The average molecular weight is 412 g/mol. The van der Waals surface area contributed by atoms with Crippen LogP contribution < -0.4 is 4.74 Å². The van der Waals surface area contributed by atoms with E-state index in [-0.39, 0.29) is 11.0 Å². The summed E-state index contributed by atoms with van der Waals surface area (Å²) in [7, 11) is -3.16. The maximum Gasteiger partial charge on any atom is 0.224 e. The van der Waals surface area contributed by atoms with Crippen LogP contribution in [0.25, 0.3) is 21.2 Å². The van der Waals surface area contributed by atoms with Gasteiger partial charge >= 0.3 is 0 Å². The van der Waals surface area contributed by atoms with Gasteiger partial charge in [-0.15, -0.1) is 0 Å². The van der Waals surface area contributed by atoms with Crippen LogP contribution in [0, 0.1) is 0 Å². The van der Waals surface area contributed by atoms with Crippen LogP contribution in [-0.4, -0.2) is 36.0 Å². The van der Waals surface area contributed by atoms with E-state index < -0.39 is 26.7 Å². The molecular formula is C17H22ClN5O3S. The van der Waals surface area contributed by atoms with Crippen LogP contribution in [0.1, 0.15) is 39.7 Å². The summed E-state index contributed by atoms with van der Waals surface area (Å²) < 4.78 is 29.2. The van der Waals surface area contributed by atoms with Gasteiger partial charge in [0.1, 0.15) is 15.0 Å². The molecule has 0 aromatic carbocycles. The highest BCUT2D eigenvalue weighted by molar-refractivity contribution is 7.91. The topological polar surface area (TPSA) is 118 Å². The van der Waals surface area contributed by atoms with E-state index in [0.29, 0.717) is 22.8 Å². The molecule has 10 heteroatoms. The van der Waals surface area contributed by atoms with E-state index in [0.717, 1.165) is 0 Å². The number of rotatable bonds is 7. The number of pyridine rings is 2. The van der Waals surface area contributed by atoms with Crippen molar-refractivity contribution in [2.75, 3.05) is 6.26 Å². The van der Waals surface area contributed by atoms with Crippen LogP contribution in [0.3, 0.4) is 0 Å². The van der Waals surface area contributed by atoms with Crippen LogP contribution in [0.5, 0.6) is 5.88 Å². The lowest BCUT2D eigenvalue weighted by atomic mass is 9.93. The first-order valence-electron chi connectivity index (χ1n) is 8.32. The van der Waals surface area contributed by atoms with Gasteiger partial charge in [-0.1, -0.05) is 30.6 Å². The monoisotopic (exact) mass is 411 g/mol. The number of aromatic nitrogens is 2. The highest BCUT2D eigenvalue weighted by atomic mass is 35.5. The van der Waals surface area contributed by atoms with E-state index in [1.807, 2.05) is 0 Å². The van der Waals surface area contributed by atoms with Crippen LogP contribution in [-0.2, 0) is 15.4 Å². The quantitative estimate of drug-likeness (QED) is 0.289. The van der Waals surface area contributed by atoms with Gasteiger partial charge < -0.3 is 4.74 Å². The number of sulfone groups is 1. The zero-order valence-corrected chi connectivity index (χ0v) is 17.4. The Morgan fingerprint density at radius 1 is 1.33 bits per heavy atom. The Balaban J connectivity index is 2.48. The lowest BCUT2D eigenvalue weighted by Crippen LogP contribution is -2.25. The van der Waals surface area contributed by atoms with E-state index in [1.54, 1.807) is 46.2 Å². The first-order valence-corrected chi connectivity index (χ1v) is 10.7.